The quantitative estimate of drug-likeness (QED) is 0.848. The van der Waals surface area contributed by atoms with Crippen molar-refractivity contribution in [1.29, 1.82) is 5.26 Å². The summed E-state index contributed by atoms with van der Waals surface area (Å²) < 4.78 is 2.46. The van der Waals surface area contributed by atoms with Crippen LogP contribution in [0.2, 0.25) is 0 Å². The van der Waals surface area contributed by atoms with Crippen molar-refractivity contribution in [3.05, 3.63) is 26.4 Å². The average Bonchev–Trinajstić information content (AvgIpc) is 2.54. The van der Waals surface area contributed by atoms with Gasteiger partial charge in [0.1, 0.15) is 11.9 Å². The summed E-state index contributed by atoms with van der Waals surface area (Å²) >= 11 is 0. The Labute approximate surface area is 137 Å². The van der Waals surface area contributed by atoms with Crippen molar-refractivity contribution in [3.63, 3.8) is 0 Å². The predicted octanol–water partition coefficient (Wildman–Crippen LogP) is 1.75. The highest BCUT2D eigenvalue weighted by Gasteiger charge is 2.28. The largest absolute Gasteiger partial charge is 0.354 e. The molecule has 0 saturated carbocycles. The van der Waals surface area contributed by atoms with Crippen molar-refractivity contribution in [2.45, 2.75) is 52.0 Å². The second-order valence-electron chi connectivity index (χ2n) is 6.83. The first-order chi connectivity index (χ1) is 10.9. The Kier molecular flexibility index (Phi) is 5.30. The Balaban J connectivity index is 2.52. The van der Waals surface area contributed by atoms with Crippen LogP contribution in [0.1, 0.15) is 51.5 Å². The molecule has 23 heavy (non-hydrogen) atoms. The van der Waals surface area contributed by atoms with Gasteiger partial charge in [0.15, 0.2) is 5.56 Å². The van der Waals surface area contributed by atoms with Crippen LogP contribution < -0.4 is 16.1 Å². The molecule has 0 bridgehead atoms. The fourth-order valence-electron chi connectivity index (χ4n) is 3.37. The van der Waals surface area contributed by atoms with E-state index in [1.54, 1.807) is 7.05 Å². The average molecular weight is 318 g/mol. The topological polar surface area (TPSA) is 71.0 Å². The minimum atomic E-state index is -0.501. The number of hydrogen-bond donors (Lipinski definition) is 0. The molecule has 0 unspecified atom stereocenters. The lowest BCUT2D eigenvalue weighted by atomic mass is 9.94. The van der Waals surface area contributed by atoms with E-state index in [1.807, 2.05) is 6.07 Å². The van der Waals surface area contributed by atoms with Gasteiger partial charge in [-0.1, -0.05) is 13.8 Å². The van der Waals surface area contributed by atoms with Gasteiger partial charge < -0.3 is 4.90 Å². The molecule has 1 saturated heterocycles. The number of hydrogen-bond acceptors (Lipinski definition) is 4. The fourth-order valence-corrected chi connectivity index (χ4v) is 3.37. The summed E-state index contributed by atoms with van der Waals surface area (Å²) in [5.74, 6) is 1.11. The molecule has 2 rings (SSSR count). The minimum Gasteiger partial charge on any atom is -0.354 e. The summed E-state index contributed by atoms with van der Waals surface area (Å²) in [6.07, 6.45) is 5.33. The van der Waals surface area contributed by atoms with Crippen LogP contribution in [-0.2, 0) is 14.1 Å². The summed E-state index contributed by atoms with van der Waals surface area (Å²) in [4.78, 5) is 26.7. The third-order valence-electron chi connectivity index (χ3n) is 4.72. The first-order valence-electron chi connectivity index (χ1n) is 8.35. The minimum absolute atomic E-state index is 0.0750. The summed E-state index contributed by atoms with van der Waals surface area (Å²) in [6.45, 7) is 5.18. The molecule has 1 aromatic rings. The number of aromatic nitrogens is 2. The number of nitriles is 1. The molecule has 1 aromatic heterocycles. The Hall–Kier alpha value is -2.03. The first kappa shape index (κ1) is 17.3. The van der Waals surface area contributed by atoms with Gasteiger partial charge in [-0.05, 0) is 38.0 Å². The van der Waals surface area contributed by atoms with Gasteiger partial charge in [0.2, 0.25) is 0 Å². The SMILES string of the molecule is CC(C)CC[C@@H]1CCCCN1c1c(C#N)c(=O)n(C)c(=O)n1C. The highest BCUT2D eigenvalue weighted by atomic mass is 16.2. The standard InChI is InChI=1S/C17H26N4O2/c1-12(2)8-9-13-7-5-6-10-21(13)15-14(11-18)16(22)20(4)17(23)19(15)3/h12-13H,5-10H2,1-4H3/t13-/m0/s1. The van der Waals surface area contributed by atoms with E-state index in [9.17, 15) is 14.9 Å². The zero-order valence-electron chi connectivity index (χ0n) is 14.5. The molecule has 0 radical (unpaired) electrons. The molecule has 1 fully saturated rings. The monoisotopic (exact) mass is 318 g/mol. The molecule has 6 heteroatoms. The Morgan fingerprint density at radius 3 is 2.52 bits per heavy atom. The third kappa shape index (κ3) is 3.34. The van der Waals surface area contributed by atoms with E-state index in [1.165, 1.54) is 11.6 Å². The normalized spacial score (nSPS) is 18.3. The Bertz CT molecular complexity index is 724. The molecule has 6 nitrogen and oxygen atoms in total. The van der Waals surface area contributed by atoms with E-state index in [4.69, 9.17) is 0 Å². The number of nitrogens with zero attached hydrogens (tertiary/aromatic N) is 4. The summed E-state index contributed by atoms with van der Waals surface area (Å²) in [6, 6.07) is 2.31. The summed E-state index contributed by atoms with van der Waals surface area (Å²) in [7, 11) is 3.06. The van der Waals surface area contributed by atoms with E-state index in [-0.39, 0.29) is 17.3 Å². The van der Waals surface area contributed by atoms with Crippen molar-refractivity contribution in [2.24, 2.45) is 20.0 Å². The van der Waals surface area contributed by atoms with E-state index in [2.05, 4.69) is 18.7 Å². The molecule has 1 atom stereocenters. The molecule has 1 aliphatic heterocycles. The van der Waals surface area contributed by atoms with Crippen molar-refractivity contribution in [1.82, 2.24) is 9.13 Å². The summed E-state index contributed by atoms with van der Waals surface area (Å²) in [5.41, 5.74) is -0.804. The summed E-state index contributed by atoms with van der Waals surface area (Å²) in [5, 5.41) is 9.47. The van der Waals surface area contributed by atoms with Gasteiger partial charge in [-0.15, -0.1) is 0 Å². The van der Waals surface area contributed by atoms with Gasteiger partial charge in [0.05, 0.1) is 0 Å². The van der Waals surface area contributed by atoms with Gasteiger partial charge in [-0.2, -0.15) is 5.26 Å². The molecule has 0 aromatic carbocycles. The van der Waals surface area contributed by atoms with E-state index in [0.717, 1.165) is 43.2 Å². The van der Waals surface area contributed by atoms with Crippen molar-refractivity contribution >= 4 is 5.82 Å². The van der Waals surface area contributed by atoms with Crippen LogP contribution in [0.15, 0.2) is 9.59 Å². The molecule has 0 N–H and O–H groups in total. The molecule has 1 aliphatic rings. The molecule has 2 heterocycles. The van der Waals surface area contributed by atoms with Crippen LogP contribution in [-0.4, -0.2) is 21.7 Å². The highest BCUT2D eigenvalue weighted by molar-refractivity contribution is 5.54. The lowest BCUT2D eigenvalue weighted by Crippen LogP contribution is -2.47. The van der Waals surface area contributed by atoms with E-state index < -0.39 is 5.56 Å². The maximum Gasteiger partial charge on any atom is 0.332 e. The third-order valence-corrected chi connectivity index (χ3v) is 4.72. The van der Waals surface area contributed by atoms with Gasteiger partial charge in [-0.25, -0.2) is 4.79 Å². The molecular weight excluding hydrogens is 292 g/mol. The molecule has 0 aliphatic carbocycles. The van der Waals surface area contributed by atoms with Crippen molar-refractivity contribution < 1.29 is 0 Å². The zero-order valence-corrected chi connectivity index (χ0v) is 14.5. The number of piperidine rings is 1. The molecule has 126 valence electrons. The van der Waals surface area contributed by atoms with Gasteiger partial charge >= 0.3 is 5.69 Å². The lowest BCUT2D eigenvalue weighted by molar-refractivity contribution is 0.397. The molecule has 0 spiro atoms. The fraction of sp³-hybridized carbons (Fsp3) is 0.706. The van der Waals surface area contributed by atoms with Crippen LogP contribution in [0, 0.1) is 17.2 Å². The van der Waals surface area contributed by atoms with Crippen LogP contribution >= 0.6 is 0 Å². The van der Waals surface area contributed by atoms with Gasteiger partial charge in [-0.3, -0.25) is 13.9 Å². The van der Waals surface area contributed by atoms with Crippen molar-refractivity contribution in [2.75, 3.05) is 11.4 Å². The second kappa shape index (κ2) is 7.03. The number of anilines is 1. The van der Waals surface area contributed by atoms with Crippen LogP contribution in [0.25, 0.3) is 0 Å². The van der Waals surface area contributed by atoms with Gasteiger partial charge in [0.25, 0.3) is 5.56 Å². The Morgan fingerprint density at radius 1 is 1.22 bits per heavy atom. The second-order valence-corrected chi connectivity index (χ2v) is 6.83. The lowest BCUT2D eigenvalue weighted by Gasteiger charge is -2.39. The smallest absolute Gasteiger partial charge is 0.332 e. The van der Waals surface area contributed by atoms with E-state index in [0.29, 0.717) is 11.7 Å². The van der Waals surface area contributed by atoms with Crippen LogP contribution in [0.3, 0.4) is 0 Å². The Morgan fingerprint density at radius 2 is 1.91 bits per heavy atom. The molecular formula is C17H26N4O2. The number of rotatable bonds is 4. The van der Waals surface area contributed by atoms with E-state index >= 15 is 0 Å². The highest BCUT2D eigenvalue weighted by Crippen LogP contribution is 2.28. The maximum atomic E-state index is 12.3. The maximum absolute atomic E-state index is 12.3. The predicted molar refractivity (Wildman–Crippen MR) is 90.7 cm³/mol. The molecule has 0 amide bonds. The van der Waals surface area contributed by atoms with Gasteiger partial charge in [0, 0.05) is 26.7 Å². The van der Waals surface area contributed by atoms with Crippen LogP contribution in [0.4, 0.5) is 5.82 Å². The zero-order chi connectivity index (χ0) is 17.1. The van der Waals surface area contributed by atoms with Crippen LogP contribution in [0.5, 0.6) is 0 Å². The van der Waals surface area contributed by atoms with Crippen molar-refractivity contribution in [3.8, 4) is 6.07 Å². The first-order valence-corrected chi connectivity index (χ1v) is 8.35.